The summed E-state index contributed by atoms with van der Waals surface area (Å²) in [5, 5.41) is 9.58. The van der Waals surface area contributed by atoms with E-state index in [0.717, 1.165) is 29.9 Å². The average Bonchev–Trinajstić information content (AvgIpc) is 3.27. The van der Waals surface area contributed by atoms with Gasteiger partial charge in [-0.3, -0.25) is 4.90 Å². The molecule has 0 N–H and O–H groups in total. The van der Waals surface area contributed by atoms with Gasteiger partial charge in [0.1, 0.15) is 30.0 Å². The first-order chi connectivity index (χ1) is 19.9. The van der Waals surface area contributed by atoms with E-state index in [1.165, 1.54) is 18.2 Å². The van der Waals surface area contributed by atoms with Crippen LogP contribution in [0.15, 0.2) is 42.6 Å². The molecular weight excluding hydrogens is 552 g/mol. The van der Waals surface area contributed by atoms with Gasteiger partial charge in [0.2, 0.25) is 5.88 Å². The highest BCUT2D eigenvalue weighted by Gasteiger charge is 2.29. The molecule has 0 aliphatic carbocycles. The monoisotopic (exact) mass is 579 g/mol. The van der Waals surface area contributed by atoms with Crippen molar-refractivity contribution in [1.29, 1.82) is 5.26 Å². The van der Waals surface area contributed by atoms with Gasteiger partial charge in [-0.2, -0.15) is 10.2 Å². The Bertz CT molecular complexity index is 1620. The van der Waals surface area contributed by atoms with Crippen LogP contribution >= 0.6 is 11.6 Å². The highest BCUT2D eigenvalue weighted by molar-refractivity contribution is 6.30. The van der Waals surface area contributed by atoms with E-state index in [-0.39, 0.29) is 30.5 Å². The van der Waals surface area contributed by atoms with E-state index in [1.54, 1.807) is 24.4 Å². The average molecular weight is 580 g/mol. The standard InChI is InChI=1S/C29H28ClF2N7O2/c1-18-14-38(29-23(31)4-5-28(36-29)41-17-19-2-3-20(30)10-24(19)32)8-7-37(18)16-27-35-25-11-21(12-33)34-13-26(25)39(27)15-22-6-9-40-22/h2-5,10-11,13,18,22H,6-9,14-17H2,1H3/t18-,22-/m0/s1. The van der Waals surface area contributed by atoms with Crippen molar-refractivity contribution in [2.45, 2.75) is 45.2 Å². The number of imidazole rings is 1. The summed E-state index contributed by atoms with van der Waals surface area (Å²) in [6, 6.07) is 11.0. The summed E-state index contributed by atoms with van der Waals surface area (Å²) in [5.41, 5.74) is 2.27. The SMILES string of the molecule is C[C@H]1CN(c2nc(OCc3ccc(Cl)cc3F)ccc2F)CCN1Cc1nc2cc(C#N)ncc2n1C[C@@H]1CCO1. The number of nitrogens with zero attached hydrogens (tertiary/aromatic N) is 7. The molecule has 0 radical (unpaired) electrons. The number of nitriles is 1. The second kappa shape index (κ2) is 11.6. The first kappa shape index (κ1) is 27.3. The van der Waals surface area contributed by atoms with Gasteiger partial charge in [-0.15, -0.1) is 0 Å². The third-order valence-corrected chi connectivity index (χ3v) is 7.84. The molecule has 0 bridgehead atoms. The number of aromatic nitrogens is 4. The van der Waals surface area contributed by atoms with E-state index in [0.29, 0.717) is 49.0 Å². The molecule has 0 amide bonds. The minimum Gasteiger partial charge on any atom is -0.473 e. The quantitative estimate of drug-likeness (QED) is 0.296. The molecule has 2 fully saturated rings. The Labute approximate surface area is 240 Å². The van der Waals surface area contributed by atoms with E-state index in [9.17, 15) is 14.0 Å². The predicted octanol–water partition coefficient (Wildman–Crippen LogP) is 4.71. The molecule has 6 rings (SSSR count). The number of rotatable bonds is 8. The van der Waals surface area contributed by atoms with Crippen LogP contribution in [0.1, 0.15) is 30.4 Å². The molecule has 5 heterocycles. The van der Waals surface area contributed by atoms with Crippen molar-refractivity contribution in [3.05, 3.63) is 76.3 Å². The molecule has 41 heavy (non-hydrogen) atoms. The Morgan fingerprint density at radius 1 is 1.15 bits per heavy atom. The zero-order valence-corrected chi connectivity index (χ0v) is 23.2. The van der Waals surface area contributed by atoms with Crippen LogP contribution in [-0.4, -0.2) is 62.8 Å². The largest absolute Gasteiger partial charge is 0.473 e. The maximum absolute atomic E-state index is 14.9. The lowest BCUT2D eigenvalue weighted by Crippen LogP contribution is -2.52. The van der Waals surface area contributed by atoms with Gasteiger partial charge in [0, 0.05) is 55.0 Å². The van der Waals surface area contributed by atoms with Crippen molar-refractivity contribution >= 4 is 28.5 Å². The number of hydrogen-bond acceptors (Lipinski definition) is 8. The number of halogens is 3. The topological polar surface area (TPSA) is 92.3 Å². The van der Waals surface area contributed by atoms with Crippen LogP contribution in [0, 0.1) is 23.0 Å². The smallest absolute Gasteiger partial charge is 0.215 e. The molecule has 2 atom stereocenters. The molecular formula is C29H28ClF2N7O2. The summed E-state index contributed by atoms with van der Waals surface area (Å²) in [5.74, 6) is 0.374. The fourth-order valence-corrected chi connectivity index (χ4v) is 5.36. The van der Waals surface area contributed by atoms with Gasteiger partial charge in [-0.1, -0.05) is 17.7 Å². The van der Waals surface area contributed by atoms with E-state index in [4.69, 9.17) is 26.1 Å². The Balaban J connectivity index is 1.15. The van der Waals surface area contributed by atoms with E-state index >= 15 is 0 Å². The van der Waals surface area contributed by atoms with Gasteiger partial charge in [0.15, 0.2) is 11.6 Å². The Hall–Kier alpha value is -3.85. The van der Waals surface area contributed by atoms with E-state index in [2.05, 4.69) is 32.4 Å². The minimum absolute atomic E-state index is 0.0521. The first-order valence-corrected chi connectivity index (χ1v) is 13.8. The lowest BCUT2D eigenvalue weighted by molar-refractivity contribution is -0.0592. The summed E-state index contributed by atoms with van der Waals surface area (Å²) in [7, 11) is 0. The summed E-state index contributed by atoms with van der Waals surface area (Å²) in [6.45, 7) is 5.82. The molecule has 0 saturated carbocycles. The molecule has 1 aromatic carbocycles. The summed E-state index contributed by atoms with van der Waals surface area (Å²) in [4.78, 5) is 17.7. The Kier molecular flexibility index (Phi) is 7.71. The van der Waals surface area contributed by atoms with Crippen LogP contribution in [0.3, 0.4) is 0 Å². The van der Waals surface area contributed by atoms with Gasteiger partial charge in [-0.25, -0.2) is 18.7 Å². The third-order valence-electron chi connectivity index (χ3n) is 7.61. The lowest BCUT2D eigenvalue weighted by Gasteiger charge is -2.40. The van der Waals surface area contributed by atoms with Crippen molar-refractivity contribution in [2.24, 2.45) is 0 Å². The van der Waals surface area contributed by atoms with Crippen LogP contribution < -0.4 is 9.64 Å². The molecule has 4 aromatic rings. The van der Waals surface area contributed by atoms with Crippen molar-refractivity contribution in [3.8, 4) is 11.9 Å². The summed E-state index contributed by atoms with van der Waals surface area (Å²) < 4.78 is 42.5. The van der Waals surface area contributed by atoms with Gasteiger partial charge < -0.3 is 18.9 Å². The number of ether oxygens (including phenoxy) is 2. The normalized spacial score (nSPS) is 19.2. The molecule has 0 unspecified atom stereocenters. The Morgan fingerprint density at radius 2 is 2.00 bits per heavy atom. The molecule has 12 heteroatoms. The number of pyridine rings is 2. The fourth-order valence-electron chi connectivity index (χ4n) is 5.20. The molecule has 3 aromatic heterocycles. The fraction of sp³-hybridized carbons (Fsp3) is 0.379. The maximum Gasteiger partial charge on any atom is 0.215 e. The summed E-state index contributed by atoms with van der Waals surface area (Å²) in [6.07, 6.45) is 2.83. The van der Waals surface area contributed by atoms with Gasteiger partial charge in [-0.05, 0) is 31.5 Å². The zero-order valence-electron chi connectivity index (χ0n) is 22.4. The van der Waals surface area contributed by atoms with Gasteiger partial charge in [0.25, 0.3) is 0 Å². The zero-order chi connectivity index (χ0) is 28.5. The highest BCUT2D eigenvalue weighted by atomic mass is 35.5. The second-order valence-corrected chi connectivity index (χ2v) is 10.8. The highest BCUT2D eigenvalue weighted by Crippen LogP contribution is 2.27. The van der Waals surface area contributed by atoms with Crippen LogP contribution in [0.2, 0.25) is 5.02 Å². The van der Waals surface area contributed by atoms with E-state index in [1.807, 2.05) is 4.90 Å². The number of fused-ring (bicyclic) bond motifs is 1. The number of hydrogen-bond donors (Lipinski definition) is 0. The van der Waals surface area contributed by atoms with Gasteiger partial charge >= 0.3 is 0 Å². The Morgan fingerprint density at radius 3 is 2.73 bits per heavy atom. The van der Waals surface area contributed by atoms with Crippen molar-refractivity contribution in [3.63, 3.8) is 0 Å². The van der Waals surface area contributed by atoms with Crippen LogP contribution in [0.4, 0.5) is 14.6 Å². The summed E-state index contributed by atoms with van der Waals surface area (Å²) >= 11 is 5.82. The third kappa shape index (κ3) is 5.81. The minimum atomic E-state index is -0.472. The van der Waals surface area contributed by atoms with Crippen LogP contribution in [0.25, 0.3) is 11.0 Å². The number of anilines is 1. The van der Waals surface area contributed by atoms with Crippen molar-refractivity contribution < 1.29 is 18.3 Å². The van der Waals surface area contributed by atoms with Gasteiger partial charge in [0.05, 0.1) is 36.4 Å². The van der Waals surface area contributed by atoms with Crippen LogP contribution in [-0.2, 0) is 24.4 Å². The molecule has 212 valence electrons. The van der Waals surface area contributed by atoms with Crippen molar-refractivity contribution in [2.75, 3.05) is 31.1 Å². The number of benzene rings is 1. The van der Waals surface area contributed by atoms with Crippen molar-refractivity contribution in [1.82, 2.24) is 24.4 Å². The number of piperazine rings is 1. The molecule has 9 nitrogen and oxygen atoms in total. The molecule has 2 aliphatic heterocycles. The van der Waals surface area contributed by atoms with E-state index < -0.39 is 11.6 Å². The predicted molar refractivity (Wildman–Crippen MR) is 149 cm³/mol. The molecule has 2 aliphatic rings. The molecule has 2 saturated heterocycles. The maximum atomic E-state index is 14.9. The first-order valence-electron chi connectivity index (χ1n) is 13.5. The van der Waals surface area contributed by atoms with Crippen LogP contribution in [0.5, 0.6) is 5.88 Å². The second-order valence-electron chi connectivity index (χ2n) is 10.3. The lowest BCUT2D eigenvalue weighted by atomic mass is 10.1. The molecule has 0 spiro atoms.